The Morgan fingerprint density at radius 3 is 2.41 bits per heavy atom. The van der Waals surface area contributed by atoms with Crippen LogP contribution in [0.15, 0.2) is 24.3 Å². The zero-order chi connectivity index (χ0) is 12.3. The molecule has 0 radical (unpaired) electrons. The van der Waals surface area contributed by atoms with Gasteiger partial charge in [0.1, 0.15) is 5.75 Å². The van der Waals surface area contributed by atoms with Crippen LogP contribution < -0.4 is 4.74 Å². The van der Waals surface area contributed by atoms with Crippen molar-refractivity contribution in [2.24, 2.45) is 5.92 Å². The molecule has 1 saturated carbocycles. The molecule has 1 N–H and O–H groups in total. The Balaban J connectivity index is 2.14. The van der Waals surface area contributed by atoms with Crippen LogP contribution in [0.1, 0.15) is 38.2 Å². The molecule has 1 fully saturated rings. The molecule has 1 aromatic carbocycles. The van der Waals surface area contributed by atoms with Crippen LogP contribution in [0.5, 0.6) is 5.75 Å². The Kier molecular flexibility index (Phi) is 3.89. The van der Waals surface area contributed by atoms with Gasteiger partial charge >= 0.3 is 0 Å². The lowest BCUT2D eigenvalue weighted by molar-refractivity contribution is -0.00335. The maximum Gasteiger partial charge on any atom is 0.118 e. The molecule has 0 aromatic heterocycles. The van der Waals surface area contributed by atoms with Crippen LogP contribution in [0.4, 0.5) is 0 Å². The minimum absolute atomic E-state index is 0.410. The van der Waals surface area contributed by atoms with Crippen molar-refractivity contribution in [3.05, 3.63) is 29.8 Å². The molecule has 3 heteroatoms. The van der Waals surface area contributed by atoms with Gasteiger partial charge in [-0.1, -0.05) is 25.0 Å². The van der Waals surface area contributed by atoms with Gasteiger partial charge in [-0.25, -0.2) is 0 Å². The highest BCUT2D eigenvalue weighted by atomic mass is 28.1. The second-order valence-corrected chi connectivity index (χ2v) is 5.66. The van der Waals surface area contributed by atoms with Gasteiger partial charge in [-0.05, 0) is 43.4 Å². The van der Waals surface area contributed by atoms with Crippen molar-refractivity contribution in [3.8, 4) is 5.75 Å². The van der Waals surface area contributed by atoms with Crippen LogP contribution in [0.25, 0.3) is 0 Å². The highest BCUT2D eigenvalue weighted by Crippen LogP contribution is 2.40. The largest absolute Gasteiger partial charge is 0.498 e. The highest BCUT2D eigenvalue weighted by Gasteiger charge is 2.35. The van der Waals surface area contributed by atoms with E-state index in [2.05, 4.69) is 0 Å². The van der Waals surface area contributed by atoms with Crippen LogP contribution in [0, 0.1) is 5.92 Å². The first kappa shape index (κ1) is 12.6. The van der Waals surface area contributed by atoms with Gasteiger partial charge < -0.3 is 9.84 Å². The van der Waals surface area contributed by atoms with E-state index >= 15 is 0 Å². The Morgan fingerprint density at radius 1 is 1.29 bits per heavy atom. The molecule has 0 bridgehead atoms. The summed E-state index contributed by atoms with van der Waals surface area (Å²) in [5.41, 5.74) is 0.334. The number of aliphatic hydroxyl groups is 1. The molecule has 2 nitrogen and oxygen atoms in total. The van der Waals surface area contributed by atoms with E-state index in [-0.39, 0.29) is 0 Å². The number of rotatable bonds is 4. The fourth-order valence-corrected chi connectivity index (χ4v) is 3.11. The van der Waals surface area contributed by atoms with Crippen molar-refractivity contribution in [2.45, 2.75) is 38.2 Å². The summed E-state index contributed by atoms with van der Waals surface area (Å²) in [6, 6.07) is 7.95. The zero-order valence-corrected chi connectivity index (χ0v) is 12.8. The lowest BCUT2D eigenvalue weighted by Crippen LogP contribution is -2.29. The number of hydrogen-bond donors (Lipinski definition) is 1. The third kappa shape index (κ3) is 2.72. The van der Waals surface area contributed by atoms with E-state index in [1.807, 2.05) is 31.2 Å². The molecule has 0 amide bonds. The minimum Gasteiger partial charge on any atom is -0.498 e. The predicted molar refractivity (Wildman–Crippen MR) is 73.4 cm³/mol. The van der Waals surface area contributed by atoms with E-state index < -0.39 is 5.60 Å². The molecule has 0 spiro atoms. The summed E-state index contributed by atoms with van der Waals surface area (Å²) in [5.74, 6) is 1.32. The van der Waals surface area contributed by atoms with Crippen LogP contribution in [0.2, 0.25) is 0 Å². The van der Waals surface area contributed by atoms with E-state index in [4.69, 9.17) is 4.74 Å². The Labute approximate surface area is 106 Å². The van der Waals surface area contributed by atoms with Crippen molar-refractivity contribution in [1.82, 2.24) is 0 Å². The van der Waals surface area contributed by atoms with E-state index in [0.29, 0.717) is 5.92 Å². The Hall–Kier alpha value is -0.803. The van der Waals surface area contributed by atoms with E-state index in [1.165, 1.54) is 12.8 Å². The number of ether oxygens (including phenoxy) is 1. The summed E-state index contributed by atoms with van der Waals surface area (Å²) < 4.78 is 5.48. The molecule has 1 atom stereocenters. The molecule has 0 heterocycles. The van der Waals surface area contributed by atoms with Gasteiger partial charge in [0.05, 0.1) is 22.1 Å². The summed E-state index contributed by atoms with van der Waals surface area (Å²) >= 11 is 0. The normalized spacial score (nSPS) is 20.4. The molecule has 1 aliphatic carbocycles. The average Bonchev–Trinajstić information content (AvgIpc) is 2.84. The molecular formula is C14H22O2Si. The monoisotopic (exact) mass is 250 g/mol. The maximum absolute atomic E-state index is 10.7. The van der Waals surface area contributed by atoms with Gasteiger partial charge in [0.2, 0.25) is 0 Å². The maximum atomic E-state index is 10.7. The SMILES string of the molecule is CC(O)(c1ccc(OC[SiH3])cc1)C1CCCC1. The molecular weight excluding hydrogens is 228 g/mol. The fourth-order valence-electron chi connectivity index (χ4n) is 2.78. The third-order valence-corrected chi connectivity index (χ3v) is 4.19. The number of hydrogen-bond acceptors (Lipinski definition) is 2. The van der Waals surface area contributed by atoms with Crippen molar-refractivity contribution in [2.75, 3.05) is 6.23 Å². The summed E-state index contributed by atoms with van der Waals surface area (Å²) in [6.45, 7) is 1.95. The van der Waals surface area contributed by atoms with E-state index in [9.17, 15) is 5.11 Å². The lowest BCUT2D eigenvalue weighted by atomic mass is 9.82. The Morgan fingerprint density at radius 2 is 1.88 bits per heavy atom. The summed E-state index contributed by atoms with van der Waals surface area (Å²) in [4.78, 5) is 0. The van der Waals surface area contributed by atoms with Gasteiger partial charge in [0.25, 0.3) is 0 Å². The smallest absolute Gasteiger partial charge is 0.118 e. The minimum atomic E-state index is -0.685. The van der Waals surface area contributed by atoms with Crippen LogP contribution in [-0.4, -0.2) is 21.6 Å². The molecule has 1 aromatic rings. The number of benzene rings is 1. The van der Waals surface area contributed by atoms with Gasteiger partial charge in [0, 0.05) is 0 Å². The second kappa shape index (κ2) is 5.23. The first-order valence-corrected chi connectivity index (χ1v) is 8.01. The second-order valence-electron chi connectivity index (χ2n) is 5.09. The molecule has 17 heavy (non-hydrogen) atoms. The summed E-state index contributed by atoms with van der Waals surface area (Å²) in [6.07, 6.45) is 5.61. The van der Waals surface area contributed by atoms with E-state index in [1.54, 1.807) is 0 Å². The van der Waals surface area contributed by atoms with Crippen molar-refractivity contribution in [1.29, 1.82) is 0 Å². The van der Waals surface area contributed by atoms with Gasteiger partial charge in [0.15, 0.2) is 0 Å². The molecule has 94 valence electrons. The zero-order valence-electron chi connectivity index (χ0n) is 10.8. The molecule has 0 saturated heterocycles. The van der Waals surface area contributed by atoms with Crippen molar-refractivity contribution in [3.63, 3.8) is 0 Å². The topological polar surface area (TPSA) is 29.5 Å². The highest BCUT2D eigenvalue weighted by molar-refractivity contribution is 6.08. The van der Waals surface area contributed by atoms with Crippen molar-refractivity contribution < 1.29 is 9.84 Å². The fraction of sp³-hybridized carbons (Fsp3) is 0.571. The molecule has 2 rings (SSSR count). The molecule has 1 unspecified atom stereocenters. The van der Waals surface area contributed by atoms with Crippen LogP contribution in [-0.2, 0) is 5.60 Å². The van der Waals surface area contributed by atoms with Gasteiger partial charge in [-0.15, -0.1) is 0 Å². The average molecular weight is 250 g/mol. The van der Waals surface area contributed by atoms with Crippen LogP contribution >= 0.6 is 0 Å². The van der Waals surface area contributed by atoms with Crippen LogP contribution in [0.3, 0.4) is 0 Å². The predicted octanol–water partition coefficient (Wildman–Crippen LogP) is 1.79. The summed E-state index contributed by atoms with van der Waals surface area (Å²) in [7, 11) is 1.05. The molecule has 0 aliphatic heterocycles. The first-order chi connectivity index (χ1) is 8.14. The third-order valence-electron chi connectivity index (χ3n) is 3.90. The van der Waals surface area contributed by atoms with Gasteiger partial charge in [-0.2, -0.15) is 0 Å². The molecule has 1 aliphatic rings. The Bertz CT molecular complexity index is 353. The quantitative estimate of drug-likeness (QED) is 0.826. The van der Waals surface area contributed by atoms with Crippen molar-refractivity contribution >= 4 is 10.2 Å². The summed E-state index contributed by atoms with van der Waals surface area (Å²) in [5, 5.41) is 10.7. The standard InChI is InChI=1S/C14H22O2Si/c1-14(15,11-4-2-3-5-11)12-6-8-13(9-7-12)16-10-17/h6-9,11,15H,2-5,10H2,1,17H3. The lowest BCUT2D eigenvalue weighted by Gasteiger charge is -2.30. The van der Waals surface area contributed by atoms with Gasteiger partial charge in [-0.3, -0.25) is 0 Å². The first-order valence-electron chi connectivity index (χ1n) is 6.60. The van der Waals surface area contributed by atoms with E-state index in [0.717, 1.165) is 40.6 Å².